The van der Waals surface area contributed by atoms with Crippen molar-refractivity contribution in [2.75, 3.05) is 31.1 Å². The van der Waals surface area contributed by atoms with E-state index in [4.69, 9.17) is 0 Å². The molecule has 0 saturated carbocycles. The van der Waals surface area contributed by atoms with E-state index < -0.39 is 11.6 Å². The lowest BCUT2D eigenvalue weighted by Crippen LogP contribution is -2.46. The molecule has 1 saturated heterocycles. The number of aromatic hydroxyl groups is 1. The first kappa shape index (κ1) is 14.8. The first-order valence-electron chi connectivity index (χ1n) is 7.33. The van der Waals surface area contributed by atoms with E-state index >= 15 is 0 Å². The minimum Gasteiger partial charge on any atom is -0.506 e. The number of phenolic OH excluding ortho intramolecular Hbond substituents is 1. The molecule has 0 unspecified atom stereocenters. The molecule has 3 nitrogen and oxygen atoms in total. The van der Waals surface area contributed by atoms with Crippen LogP contribution in [0.15, 0.2) is 42.5 Å². The summed E-state index contributed by atoms with van der Waals surface area (Å²) in [6.45, 7) is 3.81. The maximum Gasteiger partial charge on any atom is 0.159 e. The molecule has 5 heteroatoms. The zero-order chi connectivity index (χ0) is 15.5. The number of halogens is 2. The third-order valence-electron chi connectivity index (χ3n) is 3.98. The van der Waals surface area contributed by atoms with Gasteiger partial charge in [0.15, 0.2) is 11.6 Å². The van der Waals surface area contributed by atoms with Gasteiger partial charge in [-0.1, -0.05) is 18.2 Å². The van der Waals surface area contributed by atoms with Crippen molar-refractivity contribution in [3.8, 4) is 5.75 Å². The molecule has 1 aliphatic heterocycles. The van der Waals surface area contributed by atoms with Gasteiger partial charge >= 0.3 is 0 Å². The fraction of sp³-hybridized carbons (Fsp3) is 0.294. The second-order valence-corrected chi connectivity index (χ2v) is 5.50. The van der Waals surface area contributed by atoms with Gasteiger partial charge in [-0.25, -0.2) is 8.78 Å². The van der Waals surface area contributed by atoms with Crippen LogP contribution in [0.2, 0.25) is 0 Å². The Hall–Kier alpha value is -2.14. The number of phenols is 1. The third kappa shape index (κ3) is 3.20. The minimum atomic E-state index is -0.812. The van der Waals surface area contributed by atoms with Crippen LogP contribution in [0.3, 0.4) is 0 Å². The van der Waals surface area contributed by atoms with Crippen LogP contribution in [-0.2, 0) is 6.54 Å². The van der Waals surface area contributed by atoms with E-state index in [-0.39, 0.29) is 5.75 Å². The van der Waals surface area contributed by atoms with E-state index in [1.165, 1.54) is 12.1 Å². The summed E-state index contributed by atoms with van der Waals surface area (Å²) in [4.78, 5) is 4.33. The number of nitrogens with zero attached hydrogens (tertiary/aromatic N) is 2. The molecule has 0 aliphatic carbocycles. The maximum atomic E-state index is 13.2. The van der Waals surface area contributed by atoms with E-state index in [1.54, 1.807) is 18.2 Å². The van der Waals surface area contributed by atoms with Crippen molar-refractivity contribution in [2.24, 2.45) is 0 Å². The molecule has 0 spiro atoms. The molecule has 1 aliphatic rings. The normalized spacial score (nSPS) is 16.0. The van der Waals surface area contributed by atoms with Crippen LogP contribution in [0.4, 0.5) is 14.5 Å². The van der Waals surface area contributed by atoms with Gasteiger partial charge in [0.05, 0.1) is 5.69 Å². The predicted molar refractivity (Wildman–Crippen MR) is 82.0 cm³/mol. The predicted octanol–water partition coefficient (Wildman–Crippen LogP) is 2.99. The average Bonchev–Trinajstić information content (AvgIpc) is 2.52. The van der Waals surface area contributed by atoms with Crippen molar-refractivity contribution in [1.82, 2.24) is 4.90 Å². The SMILES string of the molecule is Oc1ccccc1N1CCN(Cc2ccc(F)c(F)c2)CC1. The zero-order valence-electron chi connectivity index (χ0n) is 12.2. The van der Waals surface area contributed by atoms with Crippen molar-refractivity contribution in [1.29, 1.82) is 0 Å². The Morgan fingerprint density at radius 3 is 2.32 bits per heavy atom. The van der Waals surface area contributed by atoms with Crippen LogP contribution < -0.4 is 4.90 Å². The second-order valence-electron chi connectivity index (χ2n) is 5.50. The number of hydrogen-bond donors (Lipinski definition) is 1. The minimum absolute atomic E-state index is 0.288. The summed E-state index contributed by atoms with van der Waals surface area (Å²) in [6.07, 6.45) is 0. The molecule has 1 N–H and O–H groups in total. The summed E-state index contributed by atoms with van der Waals surface area (Å²) < 4.78 is 26.2. The van der Waals surface area contributed by atoms with Gasteiger partial charge in [0.25, 0.3) is 0 Å². The average molecular weight is 304 g/mol. The van der Waals surface area contributed by atoms with Crippen molar-refractivity contribution in [3.05, 3.63) is 59.7 Å². The summed E-state index contributed by atoms with van der Waals surface area (Å²) in [5.41, 5.74) is 1.62. The number of anilines is 1. The molecule has 0 aromatic heterocycles. The van der Waals surface area contributed by atoms with Gasteiger partial charge in [-0.2, -0.15) is 0 Å². The Labute approximate surface area is 128 Å². The molecule has 0 bridgehead atoms. The molecule has 0 radical (unpaired) electrons. The Bertz CT molecular complexity index is 655. The van der Waals surface area contributed by atoms with E-state index in [0.29, 0.717) is 6.54 Å². The highest BCUT2D eigenvalue weighted by atomic mass is 19.2. The summed E-state index contributed by atoms with van der Waals surface area (Å²) in [7, 11) is 0. The fourth-order valence-electron chi connectivity index (χ4n) is 2.77. The highest BCUT2D eigenvalue weighted by molar-refractivity contribution is 5.57. The maximum absolute atomic E-state index is 13.2. The highest BCUT2D eigenvalue weighted by Gasteiger charge is 2.19. The lowest BCUT2D eigenvalue weighted by atomic mass is 10.1. The Balaban J connectivity index is 1.60. The summed E-state index contributed by atoms with van der Waals surface area (Å²) in [5, 5.41) is 9.89. The first-order chi connectivity index (χ1) is 10.6. The van der Waals surface area contributed by atoms with Crippen molar-refractivity contribution in [2.45, 2.75) is 6.54 Å². The standard InChI is InChI=1S/C17H18F2N2O/c18-14-6-5-13(11-15(14)19)12-20-7-9-21(10-8-20)16-3-1-2-4-17(16)22/h1-6,11,22H,7-10,12H2. The monoisotopic (exact) mass is 304 g/mol. The first-order valence-corrected chi connectivity index (χ1v) is 7.33. The molecule has 116 valence electrons. The molecule has 1 fully saturated rings. The number of para-hydroxylation sites is 2. The van der Waals surface area contributed by atoms with Crippen LogP contribution in [0.5, 0.6) is 5.75 Å². The number of benzene rings is 2. The summed E-state index contributed by atoms with van der Waals surface area (Å²) >= 11 is 0. The second kappa shape index (κ2) is 6.32. The van der Waals surface area contributed by atoms with Crippen LogP contribution in [0.25, 0.3) is 0 Å². The van der Waals surface area contributed by atoms with Gasteiger partial charge in [0.2, 0.25) is 0 Å². The zero-order valence-corrected chi connectivity index (χ0v) is 12.2. The third-order valence-corrected chi connectivity index (χ3v) is 3.98. The lowest BCUT2D eigenvalue weighted by Gasteiger charge is -2.36. The molecule has 2 aromatic rings. The van der Waals surface area contributed by atoms with Gasteiger partial charge < -0.3 is 10.0 Å². The van der Waals surface area contributed by atoms with Crippen LogP contribution in [0.1, 0.15) is 5.56 Å². The van der Waals surface area contributed by atoms with E-state index in [1.807, 2.05) is 12.1 Å². The van der Waals surface area contributed by atoms with Crippen molar-refractivity contribution < 1.29 is 13.9 Å². The van der Waals surface area contributed by atoms with Gasteiger partial charge in [-0.3, -0.25) is 4.90 Å². The molecule has 0 amide bonds. The lowest BCUT2D eigenvalue weighted by molar-refractivity contribution is 0.249. The molecule has 22 heavy (non-hydrogen) atoms. The Kier molecular flexibility index (Phi) is 4.24. The number of rotatable bonds is 3. The summed E-state index contributed by atoms with van der Waals surface area (Å²) in [6, 6.07) is 11.3. The smallest absolute Gasteiger partial charge is 0.159 e. The van der Waals surface area contributed by atoms with Crippen LogP contribution >= 0.6 is 0 Å². The molecular weight excluding hydrogens is 286 g/mol. The van der Waals surface area contributed by atoms with Gasteiger partial charge in [0.1, 0.15) is 5.75 Å². The molecule has 3 rings (SSSR count). The largest absolute Gasteiger partial charge is 0.506 e. The van der Waals surface area contributed by atoms with E-state index in [2.05, 4.69) is 9.80 Å². The van der Waals surface area contributed by atoms with E-state index in [9.17, 15) is 13.9 Å². The Morgan fingerprint density at radius 2 is 1.64 bits per heavy atom. The van der Waals surface area contributed by atoms with Gasteiger partial charge in [-0.15, -0.1) is 0 Å². The van der Waals surface area contributed by atoms with Crippen LogP contribution in [-0.4, -0.2) is 36.2 Å². The van der Waals surface area contributed by atoms with Crippen molar-refractivity contribution in [3.63, 3.8) is 0 Å². The number of piperazine rings is 1. The van der Waals surface area contributed by atoms with E-state index in [0.717, 1.165) is 37.4 Å². The molecule has 0 atom stereocenters. The van der Waals surface area contributed by atoms with Gasteiger partial charge in [-0.05, 0) is 29.8 Å². The summed E-state index contributed by atoms with van der Waals surface area (Å²) in [5.74, 6) is -1.32. The quantitative estimate of drug-likeness (QED) is 0.944. The Morgan fingerprint density at radius 1 is 0.909 bits per heavy atom. The fourth-order valence-corrected chi connectivity index (χ4v) is 2.77. The molecule has 1 heterocycles. The topological polar surface area (TPSA) is 26.7 Å². The van der Waals surface area contributed by atoms with Crippen LogP contribution in [0, 0.1) is 11.6 Å². The molecule has 2 aromatic carbocycles. The van der Waals surface area contributed by atoms with Gasteiger partial charge in [0, 0.05) is 32.7 Å². The van der Waals surface area contributed by atoms with Crippen molar-refractivity contribution >= 4 is 5.69 Å². The number of hydrogen-bond acceptors (Lipinski definition) is 3. The molecular formula is C17H18F2N2O. The highest BCUT2D eigenvalue weighted by Crippen LogP contribution is 2.27.